The first-order valence-corrected chi connectivity index (χ1v) is 13.3. The fourth-order valence-corrected chi connectivity index (χ4v) is 5.43. The van der Waals surface area contributed by atoms with Gasteiger partial charge in [-0.15, -0.1) is 0 Å². The van der Waals surface area contributed by atoms with Gasteiger partial charge in [0.25, 0.3) is 0 Å². The van der Waals surface area contributed by atoms with Crippen LogP contribution in [0.1, 0.15) is 12.8 Å². The van der Waals surface area contributed by atoms with E-state index in [9.17, 15) is 4.79 Å². The molecule has 1 aliphatic rings. The minimum Gasteiger partial charge on any atom is -0.370 e. The van der Waals surface area contributed by atoms with E-state index < -0.39 is 0 Å². The number of rotatable bonds is 5. The molecule has 1 unspecified atom stereocenters. The molecule has 7 nitrogen and oxygen atoms in total. The summed E-state index contributed by atoms with van der Waals surface area (Å²) in [5, 5.41) is 14.1. The van der Waals surface area contributed by atoms with Gasteiger partial charge >= 0.3 is 6.03 Å². The van der Waals surface area contributed by atoms with E-state index in [4.69, 9.17) is 16.6 Å². The molecule has 1 aliphatic heterocycles. The Morgan fingerprint density at radius 2 is 1.89 bits per heavy atom. The number of nitrogens with one attached hydrogen (secondary N) is 2. The number of hydrogen-bond donors (Lipinski definition) is 2. The molecule has 2 N–H and O–H groups in total. The van der Waals surface area contributed by atoms with Crippen LogP contribution in [-0.4, -0.2) is 53.0 Å². The Bertz CT molecular complexity index is 1630. The lowest BCUT2D eigenvalue weighted by molar-refractivity contribution is 0.180. The van der Waals surface area contributed by atoms with Gasteiger partial charge in [-0.2, -0.15) is 9.61 Å². The van der Waals surface area contributed by atoms with Crippen LogP contribution in [0, 0.1) is 5.92 Å². The first-order valence-electron chi connectivity index (χ1n) is 12.9. The van der Waals surface area contributed by atoms with Gasteiger partial charge in [0.05, 0.1) is 11.4 Å². The summed E-state index contributed by atoms with van der Waals surface area (Å²) in [5.74, 6) is 1.17. The fourth-order valence-electron chi connectivity index (χ4n) is 5.20. The molecular formula is C29H28BClN6O. The summed E-state index contributed by atoms with van der Waals surface area (Å²) in [4.78, 5) is 20.0. The van der Waals surface area contributed by atoms with E-state index in [1.165, 1.54) is 0 Å². The minimum atomic E-state index is -0.0546. The molecule has 1 saturated heterocycles. The predicted molar refractivity (Wildman–Crippen MR) is 157 cm³/mol. The number of hydrogen-bond acceptors (Lipinski definition) is 4. The van der Waals surface area contributed by atoms with E-state index in [-0.39, 0.29) is 6.03 Å². The first kappa shape index (κ1) is 24.3. The summed E-state index contributed by atoms with van der Waals surface area (Å²) in [6, 6.07) is 23.8. The average Bonchev–Trinajstić information content (AvgIpc) is 3.33. The highest BCUT2D eigenvalue weighted by molar-refractivity contribution is 6.36. The molecule has 0 aliphatic carbocycles. The van der Waals surface area contributed by atoms with Crippen LogP contribution in [-0.2, 0) is 0 Å². The topological polar surface area (TPSA) is 74.6 Å². The van der Waals surface area contributed by atoms with Crippen molar-refractivity contribution in [2.75, 3.05) is 30.3 Å². The summed E-state index contributed by atoms with van der Waals surface area (Å²) in [5.41, 5.74) is 4.32. The van der Waals surface area contributed by atoms with E-state index in [0.717, 1.165) is 70.6 Å². The Hall–Kier alpha value is -4.04. The number of piperidine rings is 1. The van der Waals surface area contributed by atoms with Crippen LogP contribution in [0.2, 0.25) is 5.02 Å². The zero-order valence-corrected chi connectivity index (χ0v) is 21.9. The van der Waals surface area contributed by atoms with E-state index >= 15 is 0 Å². The number of carbonyl (C=O) groups is 1. The maximum Gasteiger partial charge on any atom is 0.321 e. The van der Waals surface area contributed by atoms with Gasteiger partial charge < -0.3 is 15.5 Å². The lowest BCUT2D eigenvalue weighted by atomic mass is 9.98. The quantitative estimate of drug-likeness (QED) is 0.325. The van der Waals surface area contributed by atoms with Crippen LogP contribution in [0.25, 0.3) is 27.7 Å². The van der Waals surface area contributed by atoms with Crippen molar-refractivity contribution in [2.45, 2.75) is 12.8 Å². The molecule has 2 aromatic heterocycles. The summed E-state index contributed by atoms with van der Waals surface area (Å²) in [6.45, 7) is 2.16. The first-order chi connectivity index (χ1) is 18.6. The van der Waals surface area contributed by atoms with Gasteiger partial charge in [-0.3, -0.25) is 0 Å². The van der Waals surface area contributed by atoms with Crippen molar-refractivity contribution in [1.29, 1.82) is 0 Å². The Labute approximate surface area is 227 Å². The number of aromatic nitrogens is 3. The van der Waals surface area contributed by atoms with Gasteiger partial charge in [-0.05, 0) is 41.7 Å². The van der Waals surface area contributed by atoms with Crippen molar-refractivity contribution in [3.8, 4) is 11.3 Å². The SMILES string of the molecule is Bc1cnn2c(NCC3CCCN(C(=O)Nc4cccc5ccccc45)C3)cc(-c3ccccc3Cl)nc12. The molecule has 6 rings (SSSR count). The van der Waals surface area contributed by atoms with E-state index in [2.05, 4.69) is 27.9 Å². The van der Waals surface area contributed by atoms with E-state index in [1.54, 1.807) is 0 Å². The third kappa shape index (κ3) is 4.79. The summed E-state index contributed by atoms with van der Waals surface area (Å²) in [7, 11) is 2.00. The zero-order valence-electron chi connectivity index (χ0n) is 21.2. The third-order valence-corrected chi connectivity index (χ3v) is 7.54. The van der Waals surface area contributed by atoms with Crippen molar-refractivity contribution in [3.05, 3.63) is 84.0 Å². The number of halogens is 1. The molecule has 0 radical (unpaired) electrons. The molecule has 0 bridgehead atoms. The van der Waals surface area contributed by atoms with Crippen LogP contribution >= 0.6 is 11.6 Å². The molecule has 1 atom stereocenters. The summed E-state index contributed by atoms with van der Waals surface area (Å²) >= 11 is 6.48. The molecule has 1 fully saturated rings. The van der Waals surface area contributed by atoms with Gasteiger partial charge in [0.2, 0.25) is 0 Å². The van der Waals surface area contributed by atoms with Gasteiger partial charge in [0.15, 0.2) is 5.65 Å². The number of benzene rings is 3. The fraction of sp³-hybridized carbons (Fsp3) is 0.207. The smallest absolute Gasteiger partial charge is 0.321 e. The van der Waals surface area contributed by atoms with Gasteiger partial charge in [-0.25, -0.2) is 9.78 Å². The van der Waals surface area contributed by atoms with Crippen LogP contribution in [0.15, 0.2) is 79.0 Å². The third-order valence-electron chi connectivity index (χ3n) is 7.21. The minimum absolute atomic E-state index is 0.0546. The monoisotopic (exact) mass is 522 g/mol. The van der Waals surface area contributed by atoms with Gasteiger partial charge in [0, 0.05) is 47.9 Å². The molecule has 9 heteroatoms. The highest BCUT2D eigenvalue weighted by Crippen LogP contribution is 2.29. The maximum absolute atomic E-state index is 13.2. The Balaban J connectivity index is 1.18. The number of carbonyl (C=O) groups excluding carboxylic acids is 1. The van der Waals surface area contributed by atoms with Crippen molar-refractivity contribution < 1.29 is 4.79 Å². The van der Waals surface area contributed by atoms with Gasteiger partial charge in [-0.1, -0.05) is 66.2 Å². The standard InChI is InChI=1S/C29H28BClN6O/c30-23-17-33-37-27(15-26(34-28(23)37)22-11-3-4-12-24(22)31)32-16-19-7-6-14-36(18-19)29(38)35-25-13-5-9-20-8-1-2-10-21(20)25/h1-5,8-13,15,17,19,32H,6-7,14,16,18,30H2,(H,35,38). The zero-order chi connectivity index (χ0) is 26.1. The average molecular weight is 523 g/mol. The van der Waals surface area contributed by atoms with Crippen molar-refractivity contribution in [3.63, 3.8) is 0 Å². The normalized spacial score (nSPS) is 15.6. The second kappa shape index (κ2) is 10.4. The van der Waals surface area contributed by atoms with Crippen molar-refractivity contribution in [2.24, 2.45) is 5.92 Å². The molecule has 3 aromatic carbocycles. The number of amides is 2. The number of nitrogens with zero attached hydrogens (tertiary/aromatic N) is 4. The highest BCUT2D eigenvalue weighted by atomic mass is 35.5. The predicted octanol–water partition coefficient (Wildman–Crippen LogP) is 4.82. The second-order valence-corrected chi connectivity index (χ2v) is 10.3. The van der Waals surface area contributed by atoms with Crippen LogP contribution in [0.5, 0.6) is 0 Å². The number of anilines is 2. The van der Waals surface area contributed by atoms with Crippen LogP contribution in [0.3, 0.4) is 0 Å². The summed E-state index contributed by atoms with van der Waals surface area (Å²) in [6.07, 6.45) is 3.84. The Morgan fingerprint density at radius 3 is 2.79 bits per heavy atom. The molecular weight excluding hydrogens is 495 g/mol. The summed E-state index contributed by atoms with van der Waals surface area (Å²) < 4.78 is 1.84. The maximum atomic E-state index is 13.2. The van der Waals surface area contributed by atoms with Crippen molar-refractivity contribution in [1.82, 2.24) is 19.5 Å². The molecule has 5 aromatic rings. The molecule has 3 heterocycles. The molecule has 190 valence electrons. The molecule has 38 heavy (non-hydrogen) atoms. The largest absolute Gasteiger partial charge is 0.370 e. The van der Waals surface area contributed by atoms with Crippen LogP contribution in [0.4, 0.5) is 16.3 Å². The lowest BCUT2D eigenvalue weighted by Gasteiger charge is -2.33. The van der Waals surface area contributed by atoms with Gasteiger partial charge in [0.1, 0.15) is 13.7 Å². The van der Waals surface area contributed by atoms with E-state index in [0.29, 0.717) is 17.5 Å². The molecule has 2 amide bonds. The van der Waals surface area contributed by atoms with Crippen LogP contribution < -0.4 is 16.1 Å². The second-order valence-electron chi connectivity index (χ2n) is 9.86. The number of fused-ring (bicyclic) bond motifs is 2. The molecule has 0 saturated carbocycles. The number of urea groups is 1. The van der Waals surface area contributed by atoms with Crippen molar-refractivity contribution >= 4 is 58.9 Å². The lowest BCUT2D eigenvalue weighted by Crippen LogP contribution is -2.44. The number of likely N-dealkylation sites (tertiary alicyclic amines) is 1. The van der Waals surface area contributed by atoms with E-state index in [1.807, 2.05) is 84.1 Å². The highest BCUT2D eigenvalue weighted by Gasteiger charge is 2.24. The Kier molecular flexibility index (Phi) is 6.64. The molecule has 0 spiro atoms. The Morgan fingerprint density at radius 1 is 1.08 bits per heavy atom.